The number of aryl methyl sites for hydroxylation is 1. The number of benzene rings is 1. The Labute approximate surface area is 112 Å². The Morgan fingerprint density at radius 2 is 2.28 bits per heavy atom. The molecule has 1 aliphatic heterocycles. The van der Waals surface area contributed by atoms with E-state index in [1.807, 2.05) is 26.1 Å². The highest BCUT2D eigenvalue weighted by atomic mass is 35.5. The van der Waals surface area contributed by atoms with E-state index in [-0.39, 0.29) is 5.91 Å². The van der Waals surface area contributed by atoms with E-state index in [1.54, 1.807) is 6.07 Å². The molecule has 0 radical (unpaired) electrons. The van der Waals surface area contributed by atoms with Crippen LogP contribution in [0, 0.1) is 6.92 Å². The molecule has 18 heavy (non-hydrogen) atoms. The van der Waals surface area contributed by atoms with E-state index in [0.717, 1.165) is 24.3 Å². The summed E-state index contributed by atoms with van der Waals surface area (Å²) in [6, 6.07) is 6.01. The van der Waals surface area contributed by atoms with Crippen molar-refractivity contribution in [2.75, 3.05) is 32.0 Å². The average Bonchev–Trinajstić information content (AvgIpc) is 2.20. The van der Waals surface area contributed by atoms with E-state index >= 15 is 0 Å². The van der Waals surface area contributed by atoms with Crippen LogP contribution in [0.15, 0.2) is 18.2 Å². The van der Waals surface area contributed by atoms with Crippen LogP contribution >= 0.6 is 11.6 Å². The van der Waals surface area contributed by atoms with E-state index in [4.69, 9.17) is 11.6 Å². The Morgan fingerprint density at radius 1 is 1.56 bits per heavy atom. The van der Waals surface area contributed by atoms with Gasteiger partial charge in [0.15, 0.2) is 0 Å². The van der Waals surface area contributed by atoms with Crippen LogP contribution in [-0.4, -0.2) is 43.5 Å². The van der Waals surface area contributed by atoms with Gasteiger partial charge in [0.25, 0.3) is 0 Å². The first kappa shape index (κ1) is 13.3. The maximum absolute atomic E-state index is 11.8. The van der Waals surface area contributed by atoms with Gasteiger partial charge in [-0.3, -0.25) is 9.69 Å². The summed E-state index contributed by atoms with van der Waals surface area (Å²) in [5.74, 6) is -0.00989. The second-order valence-electron chi connectivity index (χ2n) is 4.74. The standard InChI is InChI=1S/C13H18ClN3O/c1-9-3-4-10(5-12(9)14)16-13(18)8-17(2)11-6-15-7-11/h3-5,11,15H,6-8H2,1-2H3,(H,16,18). The molecular formula is C13H18ClN3O. The molecule has 2 rings (SSSR count). The van der Waals surface area contributed by atoms with Crippen molar-refractivity contribution in [2.24, 2.45) is 0 Å². The summed E-state index contributed by atoms with van der Waals surface area (Å²) in [7, 11) is 1.97. The monoisotopic (exact) mass is 267 g/mol. The lowest BCUT2D eigenvalue weighted by Crippen LogP contribution is -2.57. The quantitative estimate of drug-likeness (QED) is 0.869. The molecule has 1 saturated heterocycles. The molecule has 0 aliphatic carbocycles. The van der Waals surface area contributed by atoms with Crippen molar-refractivity contribution in [3.63, 3.8) is 0 Å². The summed E-state index contributed by atoms with van der Waals surface area (Å²) < 4.78 is 0. The van der Waals surface area contributed by atoms with Crippen LogP contribution in [-0.2, 0) is 4.79 Å². The van der Waals surface area contributed by atoms with Crippen molar-refractivity contribution in [3.05, 3.63) is 28.8 Å². The fourth-order valence-electron chi connectivity index (χ4n) is 1.81. The zero-order valence-corrected chi connectivity index (χ0v) is 11.4. The second kappa shape index (κ2) is 5.69. The van der Waals surface area contributed by atoms with Crippen LogP contribution in [0.1, 0.15) is 5.56 Å². The van der Waals surface area contributed by atoms with Crippen molar-refractivity contribution >= 4 is 23.2 Å². The minimum Gasteiger partial charge on any atom is -0.325 e. The normalized spacial score (nSPS) is 15.6. The molecule has 1 aromatic carbocycles. The first-order valence-electron chi connectivity index (χ1n) is 6.03. The Bertz CT molecular complexity index is 446. The van der Waals surface area contributed by atoms with Gasteiger partial charge in [-0.05, 0) is 31.7 Å². The Kier molecular flexibility index (Phi) is 4.22. The van der Waals surface area contributed by atoms with Gasteiger partial charge in [0.2, 0.25) is 5.91 Å². The molecule has 0 unspecified atom stereocenters. The molecule has 1 aliphatic rings. The summed E-state index contributed by atoms with van der Waals surface area (Å²) in [4.78, 5) is 13.9. The lowest BCUT2D eigenvalue weighted by molar-refractivity contribution is -0.117. The number of amides is 1. The minimum absolute atomic E-state index is 0.00989. The second-order valence-corrected chi connectivity index (χ2v) is 5.15. The van der Waals surface area contributed by atoms with Gasteiger partial charge in [-0.1, -0.05) is 17.7 Å². The highest BCUT2D eigenvalue weighted by molar-refractivity contribution is 6.31. The summed E-state index contributed by atoms with van der Waals surface area (Å²) in [6.07, 6.45) is 0. The third-order valence-corrected chi connectivity index (χ3v) is 3.64. The minimum atomic E-state index is -0.00989. The van der Waals surface area contributed by atoms with Crippen LogP contribution in [0.4, 0.5) is 5.69 Å². The lowest BCUT2D eigenvalue weighted by atomic mass is 10.1. The summed E-state index contributed by atoms with van der Waals surface area (Å²) in [5.41, 5.74) is 1.75. The fraction of sp³-hybridized carbons (Fsp3) is 0.462. The van der Waals surface area contributed by atoms with Gasteiger partial charge in [-0.2, -0.15) is 0 Å². The Balaban J connectivity index is 1.88. The van der Waals surface area contributed by atoms with E-state index in [9.17, 15) is 4.79 Å². The molecular weight excluding hydrogens is 250 g/mol. The molecule has 0 saturated carbocycles. The molecule has 98 valence electrons. The van der Waals surface area contributed by atoms with Crippen molar-refractivity contribution in [2.45, 2.75) is 13.0 Å². The summed E-state index contributed by atoms with van der Waals surface area (Å²) in [6.45, 7) is 4.25. The molecule has 1 aromatic rings. The maximum Gasteiger partial charge on any atom is 0.238 e. The molecule has 1 amide bonds. The van der Waals surface area contributed by atoms with Crippen molar-refractivity contribution in [1.29, 1.82) is 0 Å². The van der Waals surface area contributed by atoms with E-state index in [2.05, 4.69) is 15.5 Å². The number of likely N-dealkylation sites (N-methyl/N-ethyl adjacent to an activating group) is 1. The van der Waals surface area contributed by atoms with Gasteiger partial charge < -0.3 is 10.6 Å². The van der Waals surface area contributed by atoms with Crippen LogP contribution < -0.4 is 10.6 Å². The molecule has 5 heteroatoms. The largest absolute Gasteiger partial charge is 0.325 e. The Hall–Kier alpha value is -1.10. The van der Waals surface area contributed by atoms with Gasteiger partial charge in [0.05, 0.1) is 6.54 Å². The number of halogens is 1. The molecule has 1 heterocycles. The van der Waals surface area contributed by atoms with Crippen LogP contribution in [0.3, 0.4) is 0 Å². The smallest absolute Gasteiger partial charge is 0.238 e. The molecule has 0 aromatic heterocycles. The van der Waals surface area contributed by atoms with Crippen LogP contribution in [0.25, 0.3) is 0 Å². The first-order chi connectivity index (χ1) is 8.56. The predicted octanol–water partition coefficient (Wildman–Crippen LogP) is 1.49. The van der Waals surface area contributed by atoms with E-state index in [0.29, 0.717) is 17.6 Å². The molecule has 0 spiro atoms. The van der Waals surface area contributed by atoms with Gasteiger partial charge in [-0.15, -0.1) is 0 Å². The maximum atomic E-state index is 11.8. The lowest BCUT2D eigenvalue weighted by Gasteiger charge is -2.35. The van der Waals surface area contributed by atoms with Crippen LogP contribution in [0.5, 0.6) is 0 Å². The molecule has 1 fully saturated rings. The number of nitrogens with one attached hydrogen (secondary N) is 2. The first-order valence-corrected chi connectivity index (χ1v) is 6.41. The number of carbonyl (C=O) groups excluding carboxylic acids is 1. The van der Waals surface area contributed by atoms with Crippen molar-refractivity contribution < 1.29 is 4.79 Å². The van der Waals surface area contributed by atoms with Gasteiger partial charge in [0.1, 0.15) is 0 Å². The summed E-state index contributed by atoms with van der Waals surface area (Å²) in [5, 5.41) is 6.72. The van der Waals surface area contributed by atoms with E-state index in [1.165, 1.54) is 0 Å². The van der Waals surface area contributed by atoms with Gasteiger partial charge in [-0.25, -0.2) is 0 Å². The highest BCUT2D eigenvalue weighted by Crippen LogP contribution is 2.19. The zero-order chi connectivity index (χ0) is 13.1. The topological polar surface area (TPSA) is 44.4 Å². The average molecular weight is 268 g/mol. The number of hydrogen-bond acceptors (Lipinski definition) is 3. The molecule has 4 nitrogen and oxygen atoms in total. The van der Waals surface area contributed by atoms with Crippen LogP contribution in [0.2, 0.25) is 5.02 Å². The third-order valence-electron chi connectivity index (χ3n) is 3.23. The van der Waals surface area contributed by atoms with Crippen molar-refractivity contribution in [3.8, 4) is 0 Å². The van der Waals surface area contributed by atoms with Crippen molar-refractivity contribution in [1.82, 2.24) is 10.2 Å². The number of rotatable bonds is 4. The fourth-order valence-corrected chi connectivity index (χ4v) is 1.99. The number of carbonyl (C=O) groups is 1. The molecule has 2 N–H and O–H groups in total. The number of nitrogens with zero attached hydrogens (tertiary/aromatic N) is 1. The SMILES string of the molecule is Cc1ccc(NC(=O)CN(C)C2CNC2)cc1Cl. The molecule has 0 bridgehead atoms. The summed E-state index contributed by atoms with van der Waals surface area (Å²) >= 11 is 6.02. The Morgan fingerprint density at radius 3 is 2.83 bits per heavy atom. The van der Waals surface area contributed by atoms with E-state index < -0.39 is 0 Å². The van der Waals surface area contributed by atoms with Gasteiger partial charge >= 0.3 is 0 Å². The third kappa shape index (κ3) is 3.22. The molecule has 0 atom stereocenters. The highest BCUT2D eigenvalue weighted by Gasteiger charge is 2.22. The number of hydrogen-bond donors (Lipinski definition) is 2. The number of anilines is 1. The predicted molar refractivity (Wildman–Crippen MR) is 74.1 cm³/mol. The zero-order valence-electron chi connectivity index (χ0n) is 10.7. The van der Waals surface area contributed by atoms with Gasteiger partial charge in [0, 0.05) is 29.8 Å².